The topological polar surface area (TPSA) is 40.5 Å². The molecule has 0 aromatic rings. The van der Waals surface area contributed by atoms with Gasteiger partial charge >= 0.3 is 0 Å². The van der Waals surface area contributed by atoms with Crippen molar-refractivity contribution < 1.29 is 10.2 Å². The Morgan fingerprint density at radius 3 is 1.17 bits per heavy atom. The van der Waals surface area contributed by atoms with E-state index >= 15 is 0 Å². The van der Waals surface area contributed by atoms with E-state index in [-0.39, 0.29) is 0 Å². The maximum atomic E-state index is 8.37. The van der Waals surface area contributed by atoms with Gasteiger partial charge in [0.25, 0.3) is 0 Å². The quantitative estimate of drug-likeness (QED) is 0.550. The first-order valence-corrected chi connectivity index (χ1v) is 6.68. The van der Waals surface area contributed by atoms with Crippen molar-refractivity contribution in [3.05, 3.63) is 0 Å². The van der Waals surface area contributed by atoms with Crippen LogP contribution in [0.5, 0.6) is 0 Å². The van der Waals surface area contributed by atoms with E-state index in [0.717, 1.165) is 7.85 Å². The summed E-state index contributed by atoms with van der Waals surface area (Å²) < 4.78 is 1.57. The lowest BCUT2D eigenvalue weighted by atomic mass is 10.5. The molecule has 0 radical (unpaired) electrons. The van der Waals surface area contributed by atoms with E-state index in [9.17, 15) is 0 Å². The summed E-state index contributed by atoms with van der Waals surface area (Å²) in [6.07, 6.45) is 2.47. The van der Waals surface area contributed by atoms with Gasteiger partial charge in [0.1, 0.15) is 0 Å². The smallest absolute Gasteiger partial charge is 0.0469 e. The second-order valence-corrected chi connectivity index (χ2v) is 6.59. The summed E-state index contributed by atoms with van der Waals surface area (Å²) in [4.78, 5) is 0. The number of rotatable bonds is 2. The molecular formula is C8H14I2O2. The number of aliphatic hydroxyl groups excluding tert-OH is 2. The largest absolute Gasteiger partial charge is 0.396 e. The summed E-state index contributed by atoms with van der Waals surface area (Å²) in [6.45, 7) is 0.793. The summed E-state index contributed by atoms with van der Waals surface area (Å²) >= 11 is 4.71. The van der Waals surface area contributed by atoms with E-state index in [1.165, 1.54) is 12.8 Å². The molecule has 12 heavy (non-hydrogen) atoms. The van der Waals surface area contributed by atoms with E-state index in [4.69, 9.17) is 10.2 Å². The first-order valence-electron chi connectivity index (χ1n) is 4.19. The Morgan fingerprint density at radius 2 is 1.17 bits per heavy atom. The van der Waals surface area contributed by atoms with Gasteiger partial charge in [0.2, 0.25) is 0 Å². The van der Waals surface area contributed by atoms with Crippen LogP contribution in [0.2, 0.25) is 0 Å². The van der Waals surface area contributed by atoms with Gasteiger partial charge in [-0.05, 0) is 24.7 Å². The summed E-state index contributed by atoms with van der Waals surface area (Å²) in [5.41, 5.74) is 0. The molecule has 72 valence electrons. The third kappa shape index (κ3) is 4.06. The molecule has 2 N–H and O–H groups in total. The normalized spacial score (nSPS) is 43.0. The van der Waals surface area contributed by atoms with Crippen LogP contribution in [-0.4, -0.2) is 31.3 Å². The van der Waals surface area contributed by atoms with Crippen molar-refractivity contribution in [1.29, 1.82) is 0 Å². The summed E-state index contributed by atoms with van der Waals surface area (Å²) in [5, 5.41) is 16.7. The van der Waals surface area contributed by atoms with Crippen LogP contribution in [0.3, 0.4) is 0 Å². The summed E-state index contributed by atoms with van der Waals surface area (Å²) in [7, 11) is 0. The lowest BCUT2D eigenvalue weighted by Crippen LogP contribution is -1.84. The first-order chi connectivity index (χ1) is 5.69. The number of aliphatic hydroxyl groups is 2. The van der Waals surface area contributed by atoms with Crippen LogP contribution in [0.1, 0.15) is 12.8 Å². The first kappa shape index (κ1) is 11.5. The van der Waals surface area contributed by atoms with Gasteiger partial charge in [-0.1, -0.05) is 45.2 Å². The van der Waals surface area contributed by atoms with E-state index in [1.807, 2.05) is 0 Å². The zero-order valence-corrected chi connectivity index (χ0v) is 11.1. The average molecular weight is 396 g/mol. The van der Waals surface area contributed by atoms with Crippen molar-refractivity contribution in [2.24, 2.45) is 11.8 Å². The Balaban J connectivity index is 0.000000120. The molecule has 0 bridgehead atoms. The fourth-order valence-corrected chi connectivity index (χ4v) is 2.56. The van der Waals surface area contributed by atoms with Gasteiger partial charge in [-0.25, -0.2) is 0 Å². The van der Waals surface area contributed by atoms with Crippen molar-refractivity contribution in [3.63, 3.8) is 0 Å². The Labute approximate surface area is 100 Å². The van der Waals surface area contributed by atoms with Gasteiger partial charge in [0, 0.05) is 21.1 Å². The Hall–Kier alpha value is 1.38. The number of hydrogen-bond donors (Lipinski definition) is 2. The van der Waals surface area contributed by atoms with Crippen LogP contribution in [0.15, 0.2) is 0 Å². The number of alkyl halides is 2. The van der Waals surface area contributed by atoms with Crippen molar-refractivity contribution in [2.45, 2.75) is 20.7 Å². The molecule has 0 saturated heterocycles. The minimum absolute atomic E-state index is 0.396. The molecule has 0 aromatic heterocycles. The Morgan fingerprint density at radius 1 is 0.917 bits per heavy atom. The highest BCUT2D eigenvalue weighted by Crippen LogP contribution is 2.37. The molecule has 4 heteroatoms. The zero-order valence-electron chi connectivity index (χ0n) is 6.79. The maximum absolute atomic E-state index is 8.37. The molecule has 0 amide bonds. The standard InChI is InChI=1S/2C4H7IO/c2*5-4-1-3(4)2-6/h2*3-4,6H,1-2H2/t2*3-,4+/m10/s1. The molecule has 0 aliphatic heterocycles. The van der Waals surface area contributed by atoms with Gasteiger partial charge in [-0.2, -0.15) is 0 Å². The number of hydrogen-bond acceptors (Lipinski definition) is 2. The fraction of sp³-hybridized carbons (Fsp3) is 1.00. The van der Waals surface area contributed by atoms with Gasteiger partial charge in [-0.15, -0.1) is 0 Å². The van der Waals surface area contributed by atoms with Crippen molar-refractivity contribution in [1.82, 2.24) is 0 Å². The van der Waals surface area contributed by atoms with Gasteiger partial charge in [0.15, 0.2) is 0 Å². The number of halogens is 2. The van der Waals surface area contributed by atoms with Crippen LogP contribution in [0, 0.1) is 11.8 Å². The monoisotopic (exact) mass is 396 g/mol. The maximum Gasteiger partial charge on any atom is 0.0469 e. The van der Waals surface area contributed by atoms with Crippen molar-refractivity contribution in [2.75, 3.05) is 13.2 Å². The van der Waals surface area contributed by atoms with Crippen LogP contribution in [0.4, 0.5) is 0 Å². The van der Waals surface area contributed by atoms with Crippen molar-refractivity contribution in [3.8, 4) is 0 Å². The zero-order chi connectivity index (χ0) is 9.14. The van der Waals surface area contributed by atoms with Crippen LogP contribution < -0.4 is 0 Å². The molecule has 2 aliphatic rings. The molecule has 4 atom stereocenters. The molecule has 0 aromatic carbocycles. The second-order valence-electron chi connectivity index (χ2n) is 3.39. The van der Waals surface area contributed by atoms with Crippen molar-refractivity contribution >= 4 is 45.2 Å². The highest BCUT2D eigenvalue weighted by molar-refractivity contribution is 14.1. The molecule has 2 saturated carbocycles. The lowest BCUT2D eigenvalue weighted by molar-refractivity contribution is 0.278. The van der Waals surface area contributed by atoms with Crippen LogP contribution in [0.25, 0.3) is 0 Å². The van der Waals surface area contributed by atoms with E-state index in [2.05, 4.69) is 45.2 Å². The molecule has 2 fully saturated rings. The molecule has 0 spiro atoms. The molecule has 2 nitrogen and oxygen atoms in total. The highest BCUT2D eigenvalue weighted by atomic mass is 127. The minimum Gasteiger partial charge on any atom is -0.396 e. The second kappa shape index (κ2) is 5.31. The van der Waals surface area contributed by atoms with Crippen LogP contribution in [-0.2, 0) is 0 Å². The minimum atomic E-state index is 0.396. The van der Waals surface area contributed by atoms with Crippen LogP contribution >= 0.6 is 45.2 Å². The third-order valence-corrected chi connectivity index (χ3v) is 5.19. The highest BCUT2D eigenvalue weighted by Gasteiger charge is 2.33. The Kier molecular flexibility index (Phi) is 5.07. The molecule has 0 heterocycles. The molecule has 0 unspecified atom stereocenters. The average Bonchev–Trinajstić information content (AvgIpc) is 2.92. The fourth-order valence-electron chi connectivity index (χ4n) is 0.799. The third-order valence-electron chi connectivity index (χ3n) is 2.14. The Bertz CT molecular complexity index is 123. The van der Waals surface area contributed by atoms with Gasteiger partial charge in [-0.3, -0.25) is 0 Å². The predicted octanol–water partition coefficient (Wildman–Crippen LogP) is 1.60. The SMILES string of the molecule is OC[C@@H]1C[C@H]1I.OC[C@H]1C[C@@H]1I. The van der Waals surface area contributed by atoms with E-state index < -0.39 is 0 Å². The van der Waals surface area contributed by atoms with Gasteiger partial charge in [0.05, 0.1) is 0 Å². The van der Waals surface area contributed by atoms with E-state index in [0.29, 0.717) is 25.0 Å². The molecular weight excluding hydrogens is 382 g/mol. The summed E-state index contributed by atoms with van der Waals surface area (Å²) in [5.74, 6) is 1.29. The molecule has 2 aliphatic carbocycles. The summed E-state index contributed by atoms with van der Waals surface area (Å²) in [6, 6.07) is 0. The lowest BCUT2D eigenvalue weighted by Gasteiger charge is -1.78. The van der Waals surface area contributed by atoms with Gasteiger partial charge < -0.3 is 10.2 Å². The predicted molar refractivity (Wildman–Crippen MR) is 66.0 cm³/mol. The van der Waals surface area contributed by atoms with E-state index in [1.54, 1.807) is 0 Å². The molecule has 2 rings (SSSR count).